The number of hydrogen-bond donors (Lipinski definition) is 1. The third kappa shape index (κ3) is 3.08. The van der Waals surface area contributed by atoms with E-state index in [1.54, 1.807) is 25.4 Å². The Morgan fingerprint density at radius 2 is 2.04 bits per heavy atom. The molecule has 0 aliphatic rings. The maximum atomic E-state index is 12.7. The molecule has 27 heavy (non-hydrogen) atoms. The van der Waals surface area contributed by atoms with Crippen molar-refractivity contribution in [1.82, 2.24) is 20.4 Å². The largest absolute Gasteiger partial charge is 0.450 e. The summed E-state index contributed by atoms with van der Waals surface area (Å²) in [6.45, 7) is 5.60. The number of carbonyl (C=O) groups excluding carboxylic acids is 1. The van der Waals surface area contributed by atoms with Crippen LogP contribution in [0.3, 0.4) is 0 Å². The van der Waals surface area contributed by atoms with Crippen LogP contribution in [0.5, 0.6) is 0 Å². The molecule has 0 unspecified atom stereocenters. The Balaban J connectivity index is 1.56. The summed E-state index contributed by atoms with van der Waals surface area (Å²) in [7, 11) is 0. The number of nitrogens with zero attached hydrogens (tertiary/aromatic N) is 3. The second-order valence-electron chi connectivity index (χ2n) is 6.40. The van der Waals surface area contributed by atoms with Crippen molar-refractivity contribution in [3.05, 3.63) is 65.5 Å². The average molecular weight is 362 g/mol. The summed E-state index contributed by atoms with van der Waals surface area (Å²) in [5, 5.41) is 7.74. The van der Waals surface area contributed by atoms with Crippen LogP contribution in [0.2, 0.25) is 0 Å². The molecule has 136 valence electrons. The second-order valence-corrected chi connectivity index (χ2v) is 6.40. The van der Waals surface area contributed by atoms with Crippen LogP contribution in [-0.4, -0.2) is 21.0 Å². The van der Waals surface area contributed by atoms with Crippen molar-refractivity contribution in [1.29, 1.82) is 0 Å². The van der Waals surface area contributed by atoms with Crippen LogP contribution in [0.4, 0.5) is 0 Å². The van der Waals surface area contributed by atoms with E-state index >= 15 is 0 Å². The van der Waals surface area contributed by atoms with Crippen molar-refractivity contribution in [3.8, 4) is 11.4 Å². The van der Waals surface area contributed by atoms with Crippen molar-refractivity contribution < 1.29 is 13.7 Å². The number of benzene rings is 1. The average Bonchev–Trinajstić information content (AvgIpc) is 3.29. The summed E-state index contributed by atoms with van der Waals surface area (Å²) in [4.78, 5) is 21.1. The fraction of sp³-hybridized carbons (Fsp3) is 0.200. The Morgan fingerprint density at radius 3 is 2.78 bits per heavy atom. The Labute approximate surface area is 155 Å². The zero-order valence-electron chi connectivity index (χ0n) is 15.2. The van der Waals surface area contributed by atoms with Crippen molar-refractivity contribution >= 4 is 16.9 Å². The number of aryl methyl sites for hydroxylation is 2. The van der Waals surface area contributed by atoms with Gasteiger partial charge in [0, 0.05) is 28.9 Å². The molecule has 0 radical (unpaired) electrons. The Morgan fingerprint density at radius 1 is 1.19 bits per heavy atom. The van der Waals surface area contributed by atoms with E-state index in [0.717, 1.165) is 27.7 Å². The quantitative estimate of drug-likeness (QED) is 0.590. The van der Waals surface area contributed by atoms with Crippen molar-refractivity contribution in [3.63, 3.8) is 0 Å². The predicted octanol–water partition coefficient (Wildman–Crippen LogP) is 3.99. The van der Waals surface area contributed by atoms with Gasteiger partial charge in [0.1, 0.15) is 11.6 Å². The zero-order valence-corrected chi connectivity index (χ0v) is 15.2. The molecule has 0 aliphatic heterocycles. The highest BCUT2D eigenvalue weighted by molar-refractivity contribution is 5.99. The molecule has 4 aromatic rings. The highest BCUT2D eigenvalue weighted by Crippen LogP contribution is 2.28. The van der Waals surface area contributed by atoms with Gasteiger partial charge in [-0.3, -0.25) is 9.78 Å². The lowest BCUT2D eigenvalue weighted by atomic mass is 10.1. The molecule has 7 nitrogen and oxygen atoms in total. The van der Waals surface area contributed by atoms with E-state index in [0.29, 0.717) is 11.7 Å². The third-order valence-corrected chi connectivity index (χ3v) is 4.45. The molecule has 0 aliphatic carbocycles. The lowest BCUT2D eigenvalue weighted by Gasteiger charge is -2.08. The van der Waals surface area contributed by atoms with Gasteiger partial charge in [0.05, 0.1) is 0 Å². The normalized spacial score (nSPS) is 12.3. The van der Waals surface area contributed by atoms with Crippen LogP contribution < -0.4 is 5.32 Å². The fourth-order valence-electron chi connectivity index (χ4n) is 2.95. The van der Waals surface area contributed by atoms with Crippen LogP contribution >= 0.6 is 0 Å². The first-order valence-electron chi connectivity index (χ1n) is 8.58. The van der Waals surface area contributed by atoms with Gasteiger partial charge in [0.15, 0.2) is 5.76 Å². The SMILES string of the molecule is Cc1c(C(=O)N[C@@H](C)c2nc(-c3cccnc3)no2)oc2c(C)cccc12. The third-order valence-electron chi connectivity index (χ3n) is 4.45. The van der Waals surface area contributed by atoms with Crippen LogP contribution in [0.25, 0.3) is 22.4 Å². The molecule has 4 rings (SSSR count). The van der Waals surface area contributed by atoms with E-state index < -0.39 is 6.04 Å². The summed E-state index contributed by atoms with van der Waals surface area (Å²) in [6.07, 6.45) is 3.32. The number of carbonyl (C=O) groups is 1. The number of aromatic nitrogens is 3. The molecule has 0 fully saturated rings. The van der Waals surface area contributed by atoms with Crippen LogP contribution in [0.1, 0.15) is 40.5 Å². The molecule has 1 atom stereocenters. The number of pyridine rings is 1. The smallest absolute Gasteiger partial charge is 0.287 e. The van der Waals surface area contributed by atoms with Gasteiger partial charge in [0.25, 0.3) is 5.91 Å². The molecule has 3 aromatic heterocycles. The summed E-state index contributed by atoms with van der Waals surface area (Å²) >= 11 is 0. The topological polar surface area (TPSA) is 94.1 Å². The summed E-state index contributed by atoms with van der Waals surface area (Å²) in [6, 6.07) is 9.01. The molecular formula is C20H18N4O3. The van der Waals surface area contributed by atoms with Crippen molar-refractivity contribution in [2.75, 3.05) is 0 Å². The van der Waals surface area contributed by atoms with Gasteiger partial charge >= 0.3 is 0 Å². The van der Waals surface area contributed by atoms with Crippen molar-refractivity contribution in [2.24, 2.45) is 0 Å². The van der Waals surface area contributed by atoms with E-state index in [1.807, 2.05) is 38.1 Å². The number of fused-ring (bicyclic) bond motifs is 1. The molecule has 0 saturated carbocycles. The number of rotatable bonds is 4. The minimum Gasteiger partial charge on any atom is -0.450 e. The van der Waals surface area contributed by atoms with Gasteiger partial charge in [-0.15, -0.1) is 0 Å². The molecule has 0 saturated heterocycles. The first-order chi connectivity index (χ1) is 13.0. The predicted molar refractivity (Wildman–Crippen MR) is 99.1 cm³/mol. The lowest BCUT2D eigenvalue weighted by molar-refractivity contribution is 0.0905. The number of furan rings is 1. The van der Waals surface area contributed by atoms with Crippen LogP contribution in [-0.2, 0) is 0 Å². The fourth-order valence-corrected chi connectivity index (χ4v) is 2.95. The number of para-hydroxylation sites is 1. The maximum Gasteiger partial charge on any atom is 0.287 e. The summed E-state index contributed by atoms with van der Waals surface area (Å²) in [5.41, 5.74) is 3.26. The van der Waals surface area contributed by atoms with Gasteiger partial charge in [-0.25, -0.2) is 0 Å². The number of hydrogen-bond acceptors (Lipinski definition) is 6. The van der Waals surface area contributed by atoms with E-state index in [1.165, 1.54) is 0 Å². The van der Waals surface area contributed by atoms with Gasteiger partial charge in [0.2, 0.25) is 11.7 Å². The van der Waals surface area contributed by atoms with Gasteiger partial charge in [-0.1, -0.05) is 23.4 Å². The van der Waals surface area contributed by atoms with Crippen LogP contribution in [0, 0.1) is 13.8 Å². The molecular weight excluding hydrogens is 344 g/mol. The standard InChI is InChI=1S/C20H18N4O3/c1-11-6-4-8-15-12(2)17(26-16(11)15)19(25)22-13(3)20-23-18(24-27-20)14-7-5-9-21-10-14/h4-10,13H,1-3H3,(H,22,25)/t13-/m0/s1. The number of amides is 1. The molecule has 0 spiro atoms. The minimum atomic E-state index is -0.468. The number of nitrogens with one attached hydrogen (secondary N) is 1. The monoisotopic (exact) mass is 362 g/mol. The van der Waals surface area contributed by atoms with E-state index in [-0.39, 0.29) is 11.7 Å². The Kier molecular flexibility index (Phi) is 4.19. The summed E-state index contributed by atoms with van der Waals surface area (Å²) < 4.78 is 11.1. The molecule has 3 heterocycles. The first-order valence-corrected chi connectivity index (χ1v) is 8.58. The molecule has 0 bridgehead atoms. The lowest BCUT2D eigenvalue weighted by Crippen LogP contribution is -2.27. The Bertz CT molecular complexity index is 1110. The highest BCUT2D eigenvalue weighted by atomic mass is 16.5. The minimum absolute atomic E-state index is 0.290. The molecule has 7 heteroatoms. The molecule has 1 aromatic carbocycles. The van der Waals surface area contributed by atoms with Crippen LogP contribution in [0.15, 0.2) is 51.7 Å². The van der Waals surface area contributed by atoms with Gasteiger partial charge < -0.3 is 14.3 Å². The summed E-state index contributed by atoms with van der Waals surface area (Å²) in [5.74, 6) is 0.705. The van der Waals surface area contributed by atoms with E-state index in [2.05, 4.69) is 20.4 Å². The first kappa shape index (κ1) is 17.0. The highest BCUT2D eigenvalue weighted by Gasteiger charge is 2.23. The zero-order chi connectivity index (χ0) is 19.0. The van der Waals surface area contributed by atoms with E-state index in [9.17, 15) is 4.79 Å². The van der Waals surface area contributed by atoms with Crippen molar-refractivity contribution in [2.45, 2.75) is 26.8 Å². The Hall–Kier alpha value is -3.48. The second kappa shape index (κ2) is 6.68. The van der Waals surface area contributed by atoms with E-state index in [4.69, 9.17) is 8.94 Å². The van der Waals surface area contributed by atoms with Gasteiger partial charge in [-0.05, 0) is 38.5 Å². The molecule has 1 amide bonds. The van der Waals surface area contributed by atoms with Gasteiger partial charge in [-0.2, -0.15) is 4.98 Å². The molecule has 1 N–H and O–H groups in total. The maximum absolute atomic E-state index is 12.7.